The highest BCUT2D eigenvalue weighted by atomic mass is 35.5. The van der Waals surface area contributed by atoms with Gasteiger partial charge in [0.25, 0.3) is 0 Å². The number of ether oxygens (including phenoxy) is 1. The van der Waals surface area contributed by atoms with Gasteiger partial charge >= 0.3 is 11.8 Å². The number of amides is 2. The molecule has 7 heteroatoms. The lowest BCUT2D eigenvalue weighted by Gasteiger charge is -2.26. The molecule has 0 atom stereocenters. The largest absolute Gasteiger partial charge is 0.508 e. The Morgan fingerprint density at radius 2 is 1.93 bits per heavy atom. The van der Waals surface area contributed by atoms with Crippen LogP contribution in [-0.2, 0) is 9.59 Å². The van der Waals surface area contributed by atoms with Crippen LogP contribution in [0.25, 0.3) is 5.57 Å². The van der Waals surface area contributed by atoms with E-state index in [1.165, 1.54) is 12.0 Å². The molecule has 2 aromatic rings. The molecule has 0 radical (unpaired) electrons. The number of methoxy groups -OCH3 is 1. The number of hydrogen-bond acceptors (Lipinski definition) is 4. The van der Waals surface area contributed by atoms with Crippen molar-refractivity contribution >= 4 is 34.7 Å². The smallest absolute Gasteiger partial charge is 0.314 e. The number of carbonyl (C=O) groups excluding carboxylic acids is 2. The van der Waals surface area contributed by atoms with Crippen LogP contribution >= 0.6 is 11.6 Å². The van der Waals surface area contributed by atoms with Crippen molar-refractivity contribution in [2.45, 2.75) is 13.3 Å². The number of halogens is 1. The minimum Gasteiger partial charge on any atom is -0.508 e. The molecule has 1 aliphatic rings. The topological polar surface area (TPSA) is 78.9 Å². The lowest BCUT2D eigenvalue weighted by Crippen LogP contribution is -2.41. The van der Waals surface area contributed by atoms with Gasteiger partial charge in [-0.05, 0) is 48.2 Å². The Bertz CT molecular complexity index is 938. The first-order chi connectivity index (χ1) is 13.4. The number of carbonyl (C=O) groups is 2. The SMILES string of the molecule is COc1cc(Cl)c(C)cc1NC(=O)C(=O)N1CC=C(c2ccc(O)cc2)CC1. The van der Waals surface area contributed by atoms with Gasteiger partial charge in [0.05, 0.1) is 12.8 Å². The predicted molar refractivity (Wildman–Crippen MR) is 109 cm³/mol. The number of rotatable bonds is 3. The van der Waals surface area contributed by atoms with Crippen LogP contribution in [0.1, 0.15) is 17.5 Å². The van der Waals surface area contributed by atoms with Crippen molar-refractivity contribution in [2.24, 2.45) is 0 Å². The summed E-state index contributed by atoms with van der Waals surface area (Å²) in [6, 6.07) is 10.2. The molecule has 146 valence electrons. The van der Waals surface area contributed by atoms with E-state index in [1.54, 1.807) is 31.2 Å². The molecule has 2 N–H and O–H groups in total. The summed E-state index contributed by atoms with van der Waals surface area (Å²) in [7, 11) is 1.47. The highest BCUT2D eigenvalue weighted by Gasteiger charge is 2.25. The summed E-state index contributed by atoms with van der Waals surface area (Å²) < 4.78 is 5.23. The Morgan fingerprint density at radius 3 is 2.54 bits per heavy atom. The summed E-state index contributed by atoms with van der Waals surface area (Å²) >= 11 is 6.07. The van der Waals surface area contributed by atoms with E-state index >= 15 is 0 Å². The number of anilines is 1. The number of phenols is 1. The van der Waals surface area contributed by atoms with Crippen molar-refractivity contribution in [1.82, 2.24) is 4.90 Å². The third kappa shape index (κ3) is 4.28. The maximum absolute atomic E-state index is 12.5. The van der Waals surface area contributed by atoms with Gasteiger partial charge in [-0.25, -0.2) is 0 Å². The summed E-state index contributed by atoms with van der Waals surface area (Å²) in [5.41, 5.74) is 3.25. The number of benzene rings is 2. The molecule has 0 unspecified atom stereocenters. The second-order valence-corrected chi connectivity index (χ2v) is 6.94. The van der Waals surface area contributed by atoms with Crippen LogP contribution in [0, 0.1) is 6.92 Å². The molecule has 0 aliphatic carbocycles. The van der Waals surface area contributed by atoms with Crippen LogP contribution in [-0.4, -0.2) is 42.0 Å². The fourth-order valence-electron chi connectivity index (χ4n) is 3.04. The first-order valence-electron chi connectivity index (χ1n) is 8.82. The molecule has 0 saturated heterocycles. The van der Waals surface area contributed by atoms with E-state index in [1.807, 2.05) is 18.2 Å². The third-order valence-corrected chi connectivity index (χ3v) is 5.06. The van der Waals surface area contributed by atoms with Crippen LogP contribution in [0.2, 0.25) is 5.02 Å². The molecule has 28 heavy (non-hydrogen) atoms. The normalized spacial score (nSPS) is 13.7. The molecule has 1 aliphatic heterocycles. The molecule has 6 nitrogen and oxygen atoms in total. The molecule has 0 saturated carbocycles. The first-order valence-corrected chi connectivity index (χ1v) is 9.19. The van der Waals surface area contributed by atoms with E-state index in [9.17, 15) is 14.7 Å². The quantitative estimate of drug-likeness (QED) is 0.771. The van der Waals surface area contributed by atoms with Crippen LogP contribution < -0.4 is 10.1 Å². The van der Waals surface area contributed by atoms with E-state index < -0.39 is 11.8 Å². The van der Waals surface area contributed by atoms with Gasteiger partial charge in [0.2, 0.25) is 0 Å². The summed E-state index contributed by atoms with van der Waals surface area (Å²) in [4.78, 5) is 26.4. The maximum Gasteiger partial charge on any atom is 0.314 e. The van der Waals surface area contributed by atoms with Gasteiger partial charge in [-0.3, -0.25) is 9.59 Å². The zero-order valence-corrected chi connectivity index (χ0v) is 16.4. The van der Waals surface area contributed by atoms with Crippen LogP contribution in [0.5, 0.6) is 11.5 Å². The second kappa shape index (κ2) is 8.35. The van der Waals surface area contributed by atoms with E-state index in [2.05, 4.69) is 5.32 Å². The summed E-state index contributed by atoms with van der Waals surface area (Å²) in [5, 5.41) is 12.5. The first kappa shape index (κ1) is 19.8. The fourth-order valence-corrected chi connectivity index (χ4v) is 3.19. The van der Waals surface area contributed by atoms with E-state index in [0.29, 0.717) is 36.0 Å². The van der Waals surface area contributed by atoms with E-state index in [-0.39, 0.29) is 5.75 Å². The van der Waals surface area contributed by atoms with Crippen molar-refractivity contribution in [3.63, 3.8) is 0 Å². The van der Waals surface area contributed by atoms with Crippen molar-refractivity contribution in [1.29, 1.82) is 0 Å². The standard InChI is InChI=1S/C21H21ClN2O4/c1-13-11-18(19(28-2)12-17(13)22)23-20(26)21(27)24-9-7-15(8-10-24)14-3-5-16(25)6-4-14/h3-7,11-12,25H,8-10H2,1-2H3,(H,23,26). The predicted octanol–water partition coefficient (Wildman–Crippen LogP) is 3.62. The Kier molecular flexibility index (Phi) is 5.90. The van der Waals surface area contributed by atoms with Gasteiger partial charge in [0.1, 0.15) is 11.5 Å². The molecule has 0 bridgehead atoms. The van der Waals surface area contributed by atoms with Crippen molar-refractivity contribution in [3.05, 3.63) is 58.6 Å². The van der Waals surface area contributed by atoms with Crippen LogP contribution in [0.4, 0.5) is 5.69 Å². The zero-order chi connectivity index (χ0) is 20.3. The molecule has 2 amide bonds. The Hall–Kier alpha value is -2.99. The van der Waals surface area contributed by atoms with Crippen molar-refractivity contribution < 1.29 is 19.4 Å². The maximum atomic E-state index is 12.5. The molecule has 0 spiro atoms. The van der Waals surface area contributed by atoms with Gasteiger partial charge in [0, 0.05) is 24.2 Å². The number of aryl methyl sites for hydroxylation is 1. The number of hydrogen-bond donors (Lipinski definition) is 2. The van der Waals surface area contributed by atoms with E-state index in [4.69, 9.17) is 16.3 Å². The summed E-state index contributed by atoms with van der Waals surface area (Å²) in [6.07, 6.45) is 2.56. The summed E-state index contributed by atoms with van der Waals surface area (Å²) in [6.45, 7) is 2.59. The van der Waals surface area contributed by atoms with Crippen molar-refractivity contribution in [2.75, 3.05) is 25.5 Å². The van der Waals surface area contributed by atoms with E-state index in [0.717, 1.165) is 16.7 Å². The average Bonchev–Trinajstić information content (AvgIpc) is 2.70. The highest BCUT2D eigenvalue weighted by molar-refractivity contribution is 6.40. The fraction of sp³-hybridized carbons (Fsp3) is 0.238. The van der Waals surface area contributed by atoms with Gasteiger partial charge in [0.15, 0.2) is 0 Å². The Labute approximate surface area is 168 Å². The third-order valence-electron chi connectivity index (χ3n) is 4.66. The summed E-state index contributed by atoms with van der Waals surface area (Å²) in [5.74, 6) is -0.719. The molecular weight excluding hydrogens is 380 g/mol. The zero-order valence-electron chi connectivity index (χ0n) is 15.7. The van der Waals surface area contributed by atoms with Gasteiger partial charge in [-0.15, -0.1) is 0 Å². The van der Waals surface area contributed by atoms with Gasteiger partial charge in [-0.2, -0.15) is 0 Å². The minimum absolute atomic E-state index is 0.210. The van der Waals surface area contributed by atoms with Crippen LogP contribution in [0.3, 0.4) is 0 Å². The second-order valence-electron chi connectivity index (χ2n) is 6.53. The number of aromatic hydroxyl groups is 1. The highest BCUT2D eigenvalue weighted by Crippen LogP contribution is 2.31. The number of nitrogens with zero attached hydrogens (tertiary/aromatic N) is 1. The van der Waals surface area contributed by atoms with Crippen LogP contribution in [0.15, 0.2) is 42.5 Å². The lowest BCUT2D eigenvalue weighted by atomic mass is 9.99. The molecule has 1 heterocycles. The molecule has 0 fully saturated rings. The Morgan fingerprint density at radius 1 is 1.21 bits per heavy atom. The number of phenolic OH excluding ortho intramolecular Hbond substituents is 1. The van der Waals surface area contributed by atoms with Gasteiger partial charge < -0.3 is 20.1 Å². The minimum atomic E-state index is -0.721. The monoisotopic (exact) mass is 400 g/mol. The molecular formula is C21H21ClN2O4. The number of nitrogens with one attached hydrogen (secondary N) is 1. The molecule has 0 aromatic heterocycles. The van der Waals surface area contributed by atoms with Crippen molar-refractivity contribution in [3.8, 4) is 11.5 Å². The Balaban J connectivity index is 1.67. The lowest BCUT2D eigenvalue weighted by molar-refractivity contribution is -0.142. The molecule has 2 aromatic carbocycles. The average molecular weight is 401 g/mol. The van der Waals surface area contributed by atoms with Gasteiger partial charge in [-0.1, -0.05) is 29.8 Å². The molecule has 3 rings (SSSR count).